The van der Waals surface area contributed by atoms with E-state index in [0.717, 1.165) is 30.1 Å². The zero-order chi connectivity index (χ0) is 13.9. The number of benzene rings is 1. The minimum Gasteiger partial charge on any atom is -0.375 e. The van der Waals surface area contributed by atoms with Crippen molar-refractivity contribution in [2.75, 3.05) is 25.4 Å². The first-order valence-corrected chi connectivity index (χ1v) is 7.32. The standard InChI is InChI=1S/C14H16FN3OS.ClH/c15-11-3-1-2-10(6-11)13-9-18(4-5-19-13)8-12-7-17-14(16)20-12;/h1-3,6-7,13H,4-5,8-9H2,(H2,16,17);1H. The van der Waals surface area contributed by atoms with Crippen molar-refractivity contribution >= 4 is 28.9 Å². The number of hydrogen-bond acceptors (Lipinski definition) is 5. The van der Waals surface area contributed by atoms with Crippen molar-refractivity contribution < 1.29 is 9.13 Å². The van der Waals surface area contributed by atoms with Gasteiger partial charge in [-0.1, -0.05) is 12.1 Å². The molecule has 7 heteroatoms. The molecular formula is C14H17ClFN3OS. The second-order valence-electron chi connectivity index (χ2n) is 4.81. The number of aromatic nitrogens is 1. The molecule has 0 saturated carbocycles. The number of ether oxygens (including phenoxy) is 1. The average molecular weight is 330 g/mol. The maximum absolute atomic E-state index is 13.3. The van der Waals surface area contributed by atoms with Crippen LogP contribution >= 0.6 is 23.7 Å². The van der Waals surface area contributed by atoms with Gasteiger partial charge < -0.3 is 10.5 Å². The van der Waals surface area contributed by atoms with Crippen LogP contribution in [0.15, 0.2) is 30.5 Å². The van der Waals surface area contributed by atoms with E-state index in [1.807, 2.05) is 12.3 Å². The first kappa shape index (κ1) is 16.2. The van der Waals surface area contributed by atoms with Crippen LogP contribution in [0.2, 0.25) is 0 Å². The molecular weight excluding hydrogens is 313 g/mol. The Balaban J connectivity index is 0.00000161. The van der Waals surface area contributed by atoms with Crippen LogP contribution in [0.4, 0.5) is 9.52 Å². The summed E-state index contributed by atoms with van der Waals surface area (Å²) in [4.78, 5) is 7.48. The lowest BCUT2D eigenvalue weighted by molar-refractivity contribution is -0.0327. The van der Waals surface area contributed by atoms with Crippen LogP contribution in [0.25, 0.3) is 0 Å². The number of halogens is 2. The largest absolute Gasteiger partial charge is 0.375 e. The highest BCUT2D eigenvalue weighted by atomic mass is 35.5. The molecule has 1 unspecified atom stereocenters. The summed E-state index contributed by atoms with van der Waals surface area (Å²) in [6, 6.07) is 6.61. The zero-order valence-electron chi connectivity index (χ0n) is 11.4. The van der Waals surface area contributed by atoms with Crippen molar-refractivity contribution in [1.29, 1.82) is 0 Å². The highest BCUT2D eigenvalue weighted by Gasteiger charge is 2.22. The highest BCUT2D eigenvalue weighted by molar-refractivity contribution is 7.15. The molecule has 1 aromatic heterocycles. The molecule has 114 valence electrons. The summed E-state index contributed by atoms with van der Waals surface area (Å²) in [5, 5.41) is 0.593. The van der Waals surface area contributed by atoms with Crippen LogP contribution in [0.1, 0.15) is 16.5 Å². The summed E-state index contributed by atoms with van der Waals surface area (Å²) in [7, 11) is 0. The summed E-state index contributed by atoms with van der Waals surface area (Å²) in [5.74, 6) is -0.224. The SMILES string of the molecule is Cl.Nc1ncc(CN2CCOC(c3cccc(F)c3)C2)s1. The molecule has 3 rings (SSSR count). The Kier molecular flexibility index (Phi) is 5.52. The van der Waals surface area contributed by atoms with Gasteiger partial charge in [-0.25, -0.2) is 9.37 Å². The van der Waals surface area contributed by atoms with E-state index in [9.17, 15) is 4.39 Å². The molecule has 0 bridgehead atoms. The van der Waals surface area contributed by atoms with Gasteiger partial charge in [-0.2, -0.15) is 0 Å². The van der Waals surface area contributed by atoms with E-state index in [-0.39, 0.29) is 24.3 Å². The predicted octanol–water partition coefficient (Wildman–Crippen LogP) is 2.86. The summed E-state index contributed by atoms with van der Waals surface area (Å²) >= 11 is 1.51. The molecule has 1 aliphatic rings. The van der Waals surface area contributed by atoms with Gasteiger partial charge in [0.05, 0.1) is 12.7 Å². The van der Waals surface area contributed by atoms with Gasteiger partial charge in [0.1, 0.15) is 5.82 Å². The van der Waals surface area contributed by atoms with Gasteiger partial charge in [-0.15, -0.1) is 23.7 Å². The average Bonchev–Trinajstić information content (AvgIpc) is 2.84. The molecule has 4 nitrogen and oxygen atoms in total. The van der Waals surface area contributed by atoms with E-state index >= 15 is 0 Å². The minimum atomic E-state index is -0.224. The van der Waals surface area contributed by atoms with E-state index in [4.69, 9.17) is 10.5 Å². The quantitative estimate of drug-likeness (QED) is 0.940. The first-order valence-electron chi connectivity index (χ1n) is 6.50. The maximum Gasteiger partial charge on any atom is 0.180 e. The fraction of sp³-hybridized carbons (Fsp3) is 0.357. The van der Waals surface area contributed by atoms with Crippen LogP contribution in [-0.4, -0.2) is 29.6 Å². The number of hydrogen-bond donors (Lipinski definition) is 1. The maximum atomic E-state index is 13.3. The Bertz CT molecular complexity index is 595. The molecule has 2 heterocycles. The number of nitrogen functional groups attached to an aromatic ring is 1. The number of nitrogens with two attached hydrogens (primary N) is 1. The second kappa shape index (κ2) is 7.17. The van der Waals surface area contributed by atoms with Crippen molar-refractivity contribution in [2.24, 2.45) is 0 Å². The number of nitrogens with zero attached hydrogens (tertiary/aromatic N) is 2. The fourth-order valence-corrected chi connectivity index (χ4v) is 3.10. The van der Waals surface area contributed by atoms with Gasteiger partial charge in [0, 0.05) is 30.7 Å². The molecule has 1 aromatic carbocycles. The van der Waals surface area contributed by atoms with Gasteiger partial charge in [0.2, 0.25) is 0 Å². The lowest BCUT2D eigenvalue weighted by atomic mass is 10.1. The summed E-state index contributed by atoms with van der Waals surface area (Å²) in [6.07, 6.45) is 1.73. The van der Waals surface area contributed by atoms with Gasteiger partial charge in [0.15, 0.2) is 5.13 Å². The first-order chi connectivity index (χ1) is 9.70. The molecule has 0 spiro atoms. The molecule has 0 amide bonds. The van der Waals surface area contributed by atoms with Crippen LogP contribution in [0, 0.1) is 5.82 Å². The smallest absolute Gasteiger partial charge is 0.180 e. The third-order valence-electron chi connectivity index (χ3n) is 3.32. The normalized spacial score (nSPS) is 19.2. The monoisotopic (exact) mass is 329 g/mol. The van der Waals surface area contributed by atoms with Crippen molar-refractivity contribution in [3.8, 4) is 0 Å². The molecule has 0 radical (unpaired) electrons. The number of anilines is 1. The summed E-state index contributed by atoms with van der Waals surface area (Å²) < 4.78 is 19.0. The molecule has 2 aromatic rings. The van der Waals surface area contributed by atoms with Crippen molar-refractivity contribution in [1.82, 2.24) is 9.88 Å². The van der Waals surface area contributed by atoms with E-state index in [1.165, 1.54) is 17.4 Å². The molecule has 1 atom stereocenters. The Labute approximate surface area is 133 Å². The summed E-state index contributed by atoms with van der Waals surface area (Å²) in [5.41, 5.74) is 6.53. The van der Waals surface area contributed by atoms with E-state index in [2.05, 4.69) is 9.88 Å². The van der Waals surface area contributed by atoms with E-state index < -0.39 is 0 Å². The lowest BCUT2D eigenvalue weighted by Crippen LogP contribution is -2.37. The topological polar surface area (TPSA) is 51.4 Å². The summed E-state index contributed by atoms with van der Waals surface area (Å²) in [6.45, 7) is 3.07. The fourth-order valence-electron chi connectivity index (χ4n) is 2.37. The second-order valence-corrected chi connectivity index (χ2v) is 5.96. The third kappa shape index (κ3) is 4.14. The number of thiazole rings is 1. The predicted molar refractivity (Wildman–Crippen MR) is 84.1 cm³/mol. The van der Waals surface area contributed by atoms with Crippen LogP contribution < -0.4 is 5.73 Å². The van der Waals surface area contributed by atoms with E-state index in [1.54, 1.807) is 12.1 Å². The van der Waals surface area contributed by atoms with Crippen LogP contribution in [0.3, 0.4) is 0 Å². The van der Waals surface area contributed by atoms with Crippen molar-refractivity contribution in [2.45, 2.75) is 12.6 Å². The highest BCUT2D eigenvalue weighted by Crippen LogP contribution is 2.25. The minimum absolute atomic E-state index is 0. The van der Waals surface area contributed by atoms with Gasteiger partial charge in [-0.05, 0) is 17.7 Å². The van der Waals surface area contributed by atoms with Crippen molar-refractivity contribution in [3.05, 3.63) is 46.7 Å². The van der Waals surface area contributed by atoms with Gasteiger partial charge in [0.25, 0.3) is 0 Å². The number of rotatable bonds is 3. The molecule has 0 aliphatic carbocycles. The molecule has 2 N–H and O–H groups in total. The lowest BCUT2D eigenvalue weighted by Gasteiger charge is -2.32. The molecule has 21 heavy (non-hydrogen) atoms. The van der Waals surface area contributed by atoms with Gasteiger partial charge >= 0.3 is 0 Å². The third-order valence-corrected chi connectivity index (χ3v) is 4.13. The molecule has 1 saturated heterocycles. The van der Waals surface area contributed by atoms with Crippen LogP contribution in [0.5, 0.6) is 0 Å². The molecule has 1 aliphatic heterocycles. The Hall–Kier alpha value is -1.21. The van der Waals surface area contributed by atoms with Crippen LogP contribution in [-0.2, 0) is 11.3 Å². The Morgan fingerprint density at radius 3 is 3.05 bits per heavy atom. The van der Waals surface area contributed by atoms with Crippen molar-refractivity contribution in [3.63, 3.8) is 0 Å². The van der Waals surface area contributed by atoms with E-state index in [0.29, 0.717) is 11.7 Å². The zero-order valence-corrected chi connectivity index (χ0v) is 13.0. The van der Waals surface area contributed by atoms with Gasteiger partial charge in [-0.3, -0.25) is 4.90 Å². The number of morpholine rings is 1. The Morgan fingerprint density at radius 2 is 2.33 bits per heavy atom. The molecule has 1 fully saturated rings. The Morgan fingerprint density at radius 1 is 1.48 bits per heavy atom.